The molecule has 0 fully saturated rings. The van der Waals surface area contributed by atoms with E-state index in [1.54, 1.807) is 72.7 Å². The molecule has 0 bridgehead atoms. The van der Waals surface area contributed by atoms with E-state index >= 15 is 0 Å². The van der Waals surface area contributed by atoms with Gasteiger partial charge >= 0.3 is 0 Å². The molecule has 0 aliphatic rings. The molecular formula is C20H16Cl2N4O2. The predicted molar refractivity (Wildman–Crippen MR) is 111 cm³/mol. The highest BCUT2D eigenvalue weighted by Gasteiger charge is 2.20. The number of hydrogen-bond acceptors (Lipinski definition) is 3. The van der Waals surface area contributed by atoms with Crippen LogP contribution in [0, 0.1) is 0 Å². The van der Waals surface area contributed by atoms with Gasteiger partial charge in [-0.1, -0.05) is 47.5 Å². The van der Waals surface area contributed by atoms with Crippen molar-refractivity contribution in [1.29, 1.82) is 0 Å². The SMILES string of the molecule is Cn1cc(C=C(C(=O)Nc2ccccc2Cl)C(=O)Nc2ccccc2Cl)cn1. The molecule has 1 heterocycles. The van der Waals surface area contributed by atoms with Crippen LogP contribution in [0.2, 0.25) is 10.0 Å². The lowest BCUT2D eigenvalue weighted by molar-refractivity contribution is -0.118. The summed E-state index contributed by atoms with van der Waals surface area (Å²) in [5.74, 6) is -1.22. The Bertz CT molecular complexity index is 998. The van der Waals surface area contributed by atoms with Crippen molar-refractivity contribution >= 4 is 52.5 Å². The van der Waals surface area contributed by atoms with Crippen LogP contribution < -0.4 is 10.6 Å². The molecule has 1 aromatic heterocycles. The van der Waals surface area contributed by atoms with Gasteiger partial charge in [-0.2, -0.15) is 5.10 Å². The highest BCUT2D eigenvalue weighted by Crippen LogP contribution is 2.23. The third kappa shape index (κ3) is 4.79. The second-order valence-electron chi connectivity index (χ2n) is 5.87. The maximum absolute atomic E-state index is 12.8. The number of para-hydroxylation sites is 2. The van der Waals surface area contributed by atoms with Crippen LogP contribution in [0.5, 0.6) is 0 Å². The van der Waals surface area contributed by atoms with E-state index in [1.807, 2.05) is 0 Å². The van der Waals surface area contributed by atoms with Gasteiger partial charge in [-0.15, -0.1) is 0 Å². The van der Waals surface area contributed by atoms with E-state index < -0.39 is 11.8 Å². The van der Waals surface area contributed by atoms with Gasteiger partial charge in [-0.05, 0) is 30.3 Å². The number of anilines is 2. The monoisotopic (exact) mass is 414 g/mol. The van der Waals surface area contributed by atoms with Crippen LogP contribution in [-0.2, 0) is 16.6 Å². The first-order chi connectivity index (χ1) is 13.4. The number of halogens is 2. The van der Waals surface area contributed by atoms with Gasteiger partial charge in [0, 0.05) is 18.8 Å². The molecule has 0 atom stereocenters. The molecule has 28 heavy (non-hydrogen) atoms. The van der Waals surface area contributed by atoms with Crippen LogP contribution in [0.3, 0.4) is 0 Å². The number of benzene rings is 2. The number of carbonyl (C=O) groups is 2. The number of rotatable bonds is 5. The summed E-state index contributed by atoms with van der Waals surface area (Å²) in [6, 6.07) is 13.5. The first-order valence-corrected chi connectivity index (χ1v) is 9.02. The molecular weight excluding hydrogens is 399 g/mol. The Morgan fingerprint density at radius 2 is 1.43 bits per heavy atom. The quantitative estimate of drug-likeness (QED) is 0.369. The zero-order valence-electron chi connectivity index (χ0n) is 14.8. The fourth-order valence-electron chi connectivity index (χ4n) is 2.42. The Labute approximate surface area is 171 Å². The Morgan fingerprint density at radius 1 is 0.929 bits per heavy atom. The van der Waals surface area contributed by atoms with Crippen molar-refractivity contribution in [2.75, 3.05) is 10.6 Å². The van der Waals surface area contributed by atoms with Gasteiger partial charge in [0.2, 0.25) is 0 Å². The third-order valence-electron chi connectivity index (χ3n) is 3.77. The number of amides is 2. The van der Waals surface area contributed by atoms with Gasteiger partial charge in [0.25, 0.3) is 11.8 Å². The number of aryl methyl sites for hydroxylation is 1. The molecule has 2 aromatic carbocycles. The number of aromatic nitrogens is 2. The van der Waals surface area contributed by atoms with Gasteiger partial charge in [-0.3, -0.25) is 14.3 Å². The molecule has 6 nitrogen and oxygen atoms in total. The molecule has 2 N–H and O–H groups in total. The first-order valence-electron chi connectivity index (χ1n) is 8.26. The minimum atomic E-state index is -0.610. The van der Waals surface area contributed by atoms with Gasteiger partial charge in [0.05, 0.1) is 27.6 Å². The van der Waals surface area contributed by atoms with Crippen molar-refractivity contribution in [3.8, 4) is 0 Å². The van der Waals surface area contributed by atoms with Crippen LogP contribution in [0.4, 0.5) is 11.4 Å². The fourth-order valence-corrected chi connectivity index (χ4v) is 2.79. The van der Waals surface area contributed by atoms with E-state index in [0.717, 1.165) is 0 Å². The lowest BCUT2D eigenvalue weighted by Gasteiger charge is -2.11. The molecule has 0 aliphatic heterocycles. The van der Waals surface area contributed by atoms with E-state index in [1.165, 1.54) is 6.08 Å². The Hall–Kier alpha value is -3.09. The summed E-state index contributed by atoms with van der Waals surface area (Å²) in [4.78, 5) is 25.7. The van der Waals surface area contributed by atoms with Gasteiger partial charge in [0.1, 0.15) is 5.57 Å². The fraction of sp³-hybridized carbons (Fsp3) is 0.0500. The number of nitrogens with zero attached hydrogens (tertiary/aromatic N) is 2. The summed E-state index contributed by atoms with van der Waals surface area (Å²) in [5.41, 5.74) is 1.28. The second kappa shape index (κ2) is 8.73. The second-order valence-corrected chi connectivity index (χ2v) is 6.69. The largest absolute Gasteiger partial charge is 0.320 e. The molecule has 142 valence electrons. The molecule has 0 saturated heterocycles. The number of nitrogens with one attached hydrogen (secondary N) is 2. The summed E-state index contributed by atoms with van der Waals surface area (Å²) < 4.78 is 1.57. The molecule has 2 amide bonds. The Balaban J connectivity index is 1.92. The molecule has 0 aliphatic carbocycles. The minimum absolute atomic E-state index is 0.118. The van der Waals surface area contributed by atoms with E-state index in [2.05, 4.69) is 15.7 Å². The Morgan fingerprint density at radius 3 is 1.86 bits per heavy atom. The summed E-state index contributed by atoms with van der Waals surface area (Å²) in [5, 5.41) is 10.1. The standard InChI is InChI=1S/C20H16Cl2N4O2/c1-26-12-13(11-23-26)10-14(19(27)24-17-8-4-2-6-15(17)21)20(28)25-18-9-5-3-7-16(18)22/h2-12H,1H3,(H,24,27)(H,25,28). The van der Waals surface area contributed by atoms with Gasteiger partial charge in [0.15, 0.2) is 0 Å². The van der Waals surface area contributed by atoms with Crippen LogP contribution in [0.25, 0.3) is 6.08 Å². The smallest absolute Gasteiger partial charge is 0.261 e. The first kappa shape index (κ1) is 19.7. The van der Waals surface area contributed by atoms with Crippen molar-refractivity contribution in [1.82, 2.24) is 9.78 Å². The van der Waals surface area contributed by atoms with E-state index in [4.69, 9.17) is 23.2 Å². The molecule has 0 saturated carbocycles. The molecule has 0 spiro atoms. The van der Waals surface area contributed by atoms with Gasteiger partial charge in [-0.25, -0.2) is 0 Å². The van der Waals surface area contributed by atoms with Gasteiger partial charge < -0.3 is 10.6 Å². The average Bonchev–Trinajstić information content (AvgIpc) is 3.08. The van der Waals surface area contributed by atoms with E-state index in [-0.39, 0.29) is 5.57 Å². The predicted octanol–water partition coefficient (Wildman–Crippen LogP) is 4.39. The van der Waals surface area contributed by atoms with E-state index in [9.17, 15) is 9.59 Å². The lowest BCUT2D eigenvalue weighted by Crippen LogP contribution is -2.25. The highest BCUT2D eigenvalue weighted by atomic mass is 35.5. The summed E-state index contributed by atoms with van der Waals surface area (Å²) in [7, 11) is 1.74. The lowest BCUT2D eigenvalue weighted by atomic mass is 10.1. The molecule has 0 radical (unpaired) electrons. The van der Waals surface area contributed by atoms with Crippen molar-refractivity contribution < 1.29 is 9.59 Å². The molecule has 8 heteroatoms. The maximum atomic E-state index is 12.8. The Kier molecular flexibility index (Phi) is 6.13. The summed E-state index contributed by atoms with van der Waals surface area (Å²) in [6.45, 7) is 0. The summed E-state index contributed by atoms with van der Waals surface area (Å²) in [6.07, 6.45) is 4.68. The van der Waals surface area contributed by atoms with E-state index in [0.29, 0.717) is 27.0 Å². The maximum Gasteiger partial charge on any atom is 0.261 e. The minimum Gasteiger partial charge on any atom is -0.320 e. The number of carbonyl (C=O) groups excluding carboxylic acids is 2. The van der Waals surface area contributed by atoms with Crippen LogP contribution in [-0.4, -0.2) is 21.6 Å². The highest BCUT2D eigenvalue weighted by molar-refractivity contribution is 6.36. The van der Waals surface area contributed by atoms with Crippen molar-refractivity contribution in [2.45, 2.75) is 0 Å². The average molecular weight is 415 g/mol. The zero-order chi connectivity index (χ0) is 20.1. The topological polar surface area (TPSA) is 76.0 Å². The van der Waals surface area contributed by atoms with Crippen molar-refractivity contribution in [3.63, 3.8) is 0 Å². The molecule has 0 unspecified atom stereocenters. The normalized spacial score (nSPS) is 10.2. The van der Waals surface area contributed by atoms with Crippen LogP contribution >= 0.6 is 23.2 Å². The molecule has 3 rings (SSSR count). The van der Waals surface area contributed by atoms with Crippen LogP contribution in [0.1, 0.15) is 5.56 Å². The van der Waals surface area contributed by atoms with Crippen LogP contribution in [0.15, 0.2) is 66.5 Å². The number of hydrogen-bond donors (Lipinski definition) is 2. The van der Waals surface area contributed by atoms with Crippen molar-refractivity contribution in [2.24, 2.45) is 7.05 Å². The van der Waals surface area contributed by atoms with Crippen molar-refractivity contribution in [3.05, 3.63) is 82.1 Å². The third-order valence-corrected chi connectivity index (χ3v) is 4.43. The summed E-state index contributed by atoms with van der Waals surface area (Å²) >= 11 is 12.2. The molecule has 3 aromatic rings. The zero-order valence-corrected chi connectivity index (χ0v) is 16.3.